The molecule has 0 aliphatic carbocycles. The van der Waals surface area contributed by atoms with Gasteiger partial charge in [-0.1, -0.05) is 245 Å². The zero-order valence-electron chi connectivity index (χ0n) is 28.3. The zero-order chi connectivity index (χ0) is 28.3. The van der Waals surface area contributed by atoms with E-state index >= 15 is 0 Å². The lowest BCUT2D eigenvalue weighted by atomic mass is 9.89. The largest absolute Gasteiger partial charge is 0.0654 e. The van der Waals surface area contributed by atoms with E-state index in [0.29, 0.717) is 0 Å². The van der Waals surface area contributed by atoms with Gasteiger partial charge in [0, 0.05) is 0 Å². The predicted molar refractivity (Wildman–Crippen MR) is 182 cm³/mol. The molecular weight excluding hydrogens is 468 g/mol. The van der Waals surface area contributed by atoms with Gasteiger partial charge in [-0.25, -0.2) is 0 Å². The Morgan fingerprint density at radius 3 is 0.564 bits per heavy atom. The standard InChI is InChI=1S/C39H80/c1-4-7-10-13-15-17-19-21-22-24-26-28-30-32-35-38-39(36-33-12-9-6-3)37-34-31-29-27-25-23-20-18-16-14-11-8-5-2/h39H,4-38H2,1-3H3. The SMILES string of the molecule is CCCCCCCCCCCCCCCCCC(CCCCCC)CCCCCCCCCCCCCCC. The molecule has 0 fully saturated rings. The molecule has 0 rings (SSSR count). The van der Waals surface area contributed by atoms with E-state index in [2.05, 4.69) is 20.8 Å². The molecule has 0 bridgehead atoms. The van der Waals surface area contributed by atoms with Crippen LogP contribution in [0, 0.1) is 5.92 Å². The molecule has 0 aromatic carbocycles. The first-order valence-electron chi connectivity index (χ1n) is 19.3. The average molecular weight is 549 g/mol. The fraction of sp³-hybridized carbons (Fsp3) is 1.00. The van der Waals surface area contributed by atoms with Gasteiger partial charge in [0.1, 0.15) is 0 Å². The van der Waals surface area contributed by atoms with Crippen LogP contribution in [-0.4, -0.2) is 0 Å². The molecule has 0 nitrogen and oxygen atoms in total. The molecule has 0 radical (unpaired) electrons. The van der Waals surface area contributed by atoms with E-state index in [9.17, 15) is 0 Å². The van der Waals surface area contributed by atoms with Crippen molar-refractivity contribution in [3.8, 4) is 0 Å². The molecular formula is C39H80. The van der Waals surface area contributed by atoms with Crippen molar-refractivity contribution in [2.45, 2.75) is 245 Å². The lowest BCUT2D eigenvalue weighted by Gasteiger charge is -2.17. The van der Waals surface area contributed by atoms with E-state index in [1.807, 2.05) is 0 Å². The average Bonchev–Trinajstić information content (AvgIpc) is 2.95. The summed E-state index contributed by atoms with van der Waals surface area (Å²) in [6, 6.07) is 0. The highest BCUT2D eigenvalue weighted by Crippen LogP contribution is 2.25. The molecule has 39 heavy (non-hydrogen) atoms. The van der Waals surface area contributed by atoms with Crippen molar-refractivity contribution in [3.05, 3.63) is 0 Å². The second-order valence-corrected chi connectivity index (χ2v) is 13.5. The van der Waals surface area contributed by atoms with Crippen LogP contribution in [0.4, 0.5) is 0 Å². The molecule has 0 saturated carbocycles. The van der Waals surface area contributed by atoms with Crippen LogP contribution < -0.4 is 0 Å². The Morgan fingerprint density at radius 1 is 0.205 bits per heavy atom. The molecule has 0 heteroatoms. The zero-order valence-corrected chi connectivity index (χ0v) is 28.3. The Hall–Kier alpha value is 0. The Kier molecular flexibility index (Phi) is 36.0. The third kappa shape index (κ3) is 34.1. The molecule has 236 valence electrons. The Morgan fingerprint density at radius 2 is 0.359 bits per heavy atom. The van der Waals surface area contributed by atoms with Crippen molar-refractivity contribution >= 4 is 0 Å². The van der Waals surface area contributed by atoms with Crippen LogP contribution >= 0.6 is 0 Å². The third-order valence-electron chi connectivity index (χ3n) is 9.40. The lowest BCUT2D eigenvalue weighted by Crippen LogP contribution is -2.01. The molecule has 0 saturated heterocycles. The highest BCUT2D eigenvalue weighted by atomic mass is 14.1. The summed E-state index contributed by atoms with van der Waals surface area (Å²) in [4.78, 5) is 0. The number of rotatable bonds is 35. The first kappa shape index (κ1) is 39.0. The van der Waals surface area contributed by atoms with E-state index in [0.717, 1.165) is 5.92 Å². The topological polar surface area (TPSA) is 0 Å². The normalized spacial score (nSPS) is 12.4. The van der Waals surface area contributed by atoms with Gasteiger partial charge in [-0.3, -0.25) is 0 Å². The Balaban J connectivity index is 3.62. The minimum atomic E-state index is 1.04. The van der Waals surface area contributed by atoms with Gasteiger partial charge in [0.25, 0.3) is 0 Å². The lowest BCUT2D eigenvalue weighted by molar-refractivity contribution is 0.366. The fourth-order valence-electron chi connectivity index (χ4n) is 6.55. The van der Waals surface area contributed by atoms with Gasteiger partial charge in [0.05, 0.1) is 0 Å². The monoisotopic (exact) mass is 549 g/mol. The molecule has 0 N–H and O–H groups in total. The van der Waals surface area contributed by atoms with E-state index in [1.54, 1.807) is 0 Å². The second kappa shape index (κ2) is 36.0. The maximum atomic E-state index is 2.35. The van der Waals surface area contributed by atoms with Crippen LogP contribution in [-0.2, 0) is 0 Å². The summed E-state index contributed by atoms with van der Waals surface area (Å²) in [6.45, 7) is 6.98. The van der Waals surface area contributed by atoms with Crippen LogP contribution in [0.3, 0.4) is 0 Å². The maximum Gasteiger partial charge on any atom is -0.0414 e. The van der Waals surface area contributed by atoms with Gasteiger partial charge in [-0.15, -0.1) is 0 Å². The minimum Gasteiger partial charge on any atom is -0.0654 e. The van der Waals surface area contributed by atoms with Gasteiger partial charge in [0.2, 0.25) is 0 Å². The van der Waals surface area contributed by atoms with Crippen LogP contribution in [0.5, 0.6) is 0 Å². The summed E-state index contributed by atoms with van der Waals surface area (Å²) in [6.07, 6.45) is 51.8. The van der Waals surface area contributed by atoms with Gasteiger partial charge in [0.15, 0.2) is 0 Å². The van der Waals surface area contributed by atoms with E-state index in [-0.39, 0.29) is 0 Å². The van der Waals surface area contributed by atoms with Crippen LogP contribution in [0.1, 0.15) is 245 Å². The van der Waals surface area contributed by atoms with Gasteiger partial charge >= 0.3 is 0 Å². The molecule has 0 aliphatic heterocycles. The fourth-order valence-corrected chi connectivity index (χ4v) is 6.55. The van der Waals surface area contributed by atoms with Crippen molar-refractivity contribution in [3.63, 3.8) is 0 Å². The van der Waals surface area contributed by atoms with E-state index < -0.39 is 0 Å². The number of hydrogen-bond donors (Lipinski definition) is 0. The molecule has 0 aliphatic rings. The van der Waals surface area contributed by atoms with Crippen LogP contribution in [0.25, 0.3) is 0 Å². The molecule has 1 atom stereocenters. The van der Waals surface area contributed by atoms with Gasteiger partial charge in [-0.2, -0.15) is 0 Å². The highest BCUT2D eigenvalue weighted by Gasteiger charge is 2.08. The summed E-state index contributed by atoms with van der Waals surface area (Å²) >= 11 is 0. The summed E-state index contributed by atoms with van der Waals surface area (Å²) in [7, 11) is 0. The molecule has 0 aromatic heterocycles. The van der Waals surface area contributed by atoms with E-state index in [4.69, 9.17) is 0 Å². The van der Waals surface area contributed by atoms with Crippen molar-refractivity contribution in [1.82, 2.24) is 0 Å². The Labute approximate surface area is 251 Å². The molecule has 0 heterocycles. The number of unbranched alkanes of at least 4 members (excludes halogenated alkanes) is 29. The summed E-state index contributed by atoms with van der Waals surface area (Å²) in [5.41, 5.74) is 0. The third-order valence-corrected chi connectivity index (χ3v) is 9.40. The first-order chi connectivity index (χ1) is 19.3. The van der Waals surface area contributed by atoms with Crippen molar-refractivity contribution in [2.75, 3.05) is 0 Å². The summed E-state index contributed by atoms with van der Waals surface area (Å²) < 4.78 is 0. The van der Waals surface area contributed by atoms with E-state index in [1.165, 1.54) is 225 Å². The molecule has 0 aromatic rings. The summed E-state index contributed by atoms with van der Waals surface area (Å²) in [5, 5.41) is 0. The number of hydrogen-bond acceptors (Lipinski definition) is 0. The van der Waals surface area contributed by atoms with Gasteiger partial charge < -0.3 is 0 Å². The van der Waals surface area contributed by atoms with Crippen molar-refractivity contribution < 1.29 is 0 Å². The highest BCUT2D eigenvalue weighted by molar-refractivity contribution is 4.62. The quantitative estimate of drug-likeness (QED) is 0.0691. The Bertz CT molecular complexity index is 399. The summed E-state index contributed by atoms with van der Waals surface area (Å²) in [5.74, 6) is 1.04. The second-order valence-electron chi connectivity index (χ2n) is 13.5. The maximum absolute atomic E-state index is 2.35. The molecule has 0 spiro atoms. The van der Waals surface area contributed by atoms with Gasteiger partial charge in [-0.05, 0) is 5.92 Å². The van der Waals surface area contributed by atoms with Crippen molar-refractivity contribution in [1.29, 1.82) is 0 Å². The van der Waals surface area contributed by atoms with Crippen molar-refractivity contribution in [2.24, 2.45) is 5.92 Å². The first-order valence-corrected chi connectivity index (χ1v) is 19.3. The van der Waals surface area contributed by atoms with Crippen LogP contribution in [0.2, 0.25) is 0 Å². The minimum absolute atomic E-state index is 1.04. The van der Waals surface area contributed by atoms with Crippen LogP contribution in [0.15, 0.2) is 0 Å². The predicted octanol–water partition coefficient (Wildman–Crippen LogP) is 15.3. The molecule has 0 amide bonds. The molecule has 1 unspecified atom stereocenters. The smallest absolute Gasteiger partial charge is 0.0414 e.